The van der Waals surface area contributed by atoms with Crippen LogP contribution < -0.4 is 4.74 Å². The van der Waals surface area contributed by atoms with E-state index in [0.29, 0.717) is 0 Å². The molecule has 0 aliphatic heterocycles. The van der Waals surface area contributed by atoms with Crippen molar-refractivity contribution in [3.8, 4) is 11.8 Å². The molecule has 0 amide bonds. The largest absolute Gasteiger partial charge is 0.496 e. The second-order valence-electron chi connectivity index (χ2n) is 2.99. The summed E-state index contributed by atoms with van der Waals surface area (Å²) in [5.74, 6) is -0.462. The van der Waals surface area contributed by atoms with Crippen LogP contribution in [0.1, 0.15) is 16.7 Å². The van der Waals surface area contributed by atoms with Gasteiger partial charge in [0.2, 0.25) is 0 Å². The Kier molecular flexibility index (Phi) is 3.40. The highest BCUT2D eigenvalue weighted by Crippen LogP contribution is 2.39. The maximum absolute atomic E-state index is 12.6. The van der Waals surface area contributed by atoms with Crippen molar-refractivity contribution in [2.45, 2.75) is 12.8 Å². The molecular weight excluding hydrogens is 223 g/mol. The van der Waals surface area contributed by atoms with Gasteiger partial charge < -0.3 is 9.84 Å². The third-order valence-electron chi connectivity index (χ3n) is 1.97. The number of nitriles is 1. The van der Waals surface area contributed by atoms with E-state index in [1.54, 1.807) is 0 Å². The summed E-state index contributed by atoms with van der Waals surface area (Å²) in [5, 5.41) is 17.5. The summed E-state index contributed by atoms with van der Waals surface area (Å²) in [4.78, 5) is 0. The summed E-state index contributed by atoms with van der Waals surface area (Å²) in [6.07, 6.45) is -4.66. The summed E-state index contributed by atoms with van der Waals surface area (Å²) < 4.78 is 42.4. The summed E-state index contributed by atoms with van der Waals surface area (Å²) in [7, 11) is 1.08. The van der Waals surface area contributed by atoms with Gasteiger partial charge >= 0.3 is 6.18 Å². The first kappa shape index (κ1) is 12.3. The zero-order chi connectivity index (χ0) is 12.3. The predicted octanol–water partition coefficient (Wildman–Crippen LogP) is 2.08. The van der Waals surface area contributed by atoms with E-state index in [0.717, 1.165) is 19.2 Å². The number of aliphatic hydroxyl groups is 1. The Morgan fingerprint density at radius 1 is 1.44 bits per heavy atom. The fourth-order valence-electron chi connectivity index (χ4n) is 1.31. The molecule has 0 atom stereocenters. The molecule has 0 aliphatic rings. The Balaban J connectivity index is 3.52. The van der Waals surface area contributed by atoms with Crippen LogP contribution in [0.4, 0.5) is 13.2 Å². The molecule has 0 heterocycles. The van der Waals surface area contributed by atoms with Crippen molar-refractivity contribution in [3.05, 3.63) is 28.8 Å². The highest BCUT2D eigenvalue weighted by Gasteiger charge is 2.37. The van der Waals surface area contributed by atoms with Crippen LogP contribution in [0.2, 0.25) is 0 Å². The van der Waals surface area contributed by atoms with Crippen molar-refractivity contribution in [1.82, 2.24) is 0 Å². The van der Waals surface area contributed by atoms with Crippen molar-refractivity contribution in [2.75, 3.05) is 7.11 Å². The molecule has 0 spiro atoms. The van der Waals surface area contributed by atoms with Crippen LogP contribution in [-0.2, 0) is 12.8 Å². The monoisotopic (exact) mass is 231 g/mol. The van der Waals surface area contributed by atoms with Gasteiger partial charge in [-0.3, -0.25) is 0 Å². The lowest BCUT2D eigenvalue weighted by atomic mass is 10.0. The van der Waals surface area contributed by atoms with E-state index < -0.39 is 29.7 Å². The SMILES string of the molecule is COc1cc(CO)cc(C#N)c1C(F)(F)F. The lowest BCUT2D eigenvalue weighted by Crippen LogP contribution is -2.11. The Hall–Kier alpha value is -1.74. The molecular formula is C10H8F3NO2. The Morgan fingerprint density at radius 2 is 2.06 bits per heavy atom. The van der Waals surface area contributed by atoms with E-state index in [-0.39, 0.29) is 5.56 Å². The molecule has 1 rings (SSSR count). The van der Waals surface area contributed by atoms with Crippen molar-refractivity contribution < 1.29 is 23.0 Å². The summed E-state index contributed by atoms with van der Waals surface area (Å²) >= 11 is 0. The van der Waals surface area contributed by atoms with E-state index in [4.69, 9.17) is 10.4 Å². The van der Waals surface area contributed by atoms with E-state index in [1.165, 1.54) is 6.07 Å². The van der Waals surface area contributed by atoms with Crippen LogP contribution in [0, 0.1) is 11.3 Å². The molecule has 0 radical (unpaired) electrons. The van der Waals surface area contributed by atoms with Gasteiger partial charge in [0, 0.05) is 0 Å². The number of nitrogens with zero attached hydrogens (tertiary/aromatic N) is 1. The van der Waals surface area contributed by atoms with Crippen LogP contribution in [0.5, 0.6) is 5.75 Å². The average molecular weight is 231 g/mol. The second-order valence-corrected chi connectivity index (χ2v) is 2.99. The number of aliphatic hydroxyl groups excluding tert-OH is 1. The molecule has 0 bridgehead atoms. The number of halogens is 3. The Bertz CT molecular complexity index is 435. The van der Waals surface area contributed by atoms with Gasteiger partial charge in [-0.1, -0.05) is 0 Å². The summed E-state index contributed by atoms with van der Waals surface area (Å²) in [6.45, 7) is -0.455. The predicted molar refractivity (Wildman–Crippen MR) is 48.6 cm³/mol. The first-order valence-electron chi connectivity index (χ1n) is 4.23. The lowest BCUT2D eigenvalue weighted by molar-refractivity contribution is -0.139. The highest BCUT2D eigenvalue weighted by atomic mass is 19.4. The summed E-state index contributed by atoms with van der Waals surface area (Å²) in [6, 6.07) is 3.49. The second kappa shape index (κ2) is 4.41. The molecule has 0 aliphatic carbocycles. The fourth-order valence-corrected chi connectivity index (χ4v) is 1.31. The molecule has 0 fully saturated rings. The number of hydrogen-bond acceptors (Lipinski definition) is 3. The molecule has 16 heavy (non-hydrogen) atoms. The number of alkyl halides is 3. The number of rotatable bonds is 2. The molecule has 1 aromatic carbocycles. The van der Waals surface area contributed by atoms with Gasteiger partial charge in [0.1, 0.15) is 11.3 Å². The normalized spacial score (nSPS) is 11.0. The van der Waals surface area contributed by atoms with Gasteiger partial charge in [-0.25, -0.2) is 0 Å². The number of benzene rings is 1. The summed E-state index contributed by atoms with van der Waals surface area (Å²) in [5.41, 5.74) is -1.48. The standard InChI is InChI=1S/C10H8F3NO2/c1-16-8-3-6(5-15)2-7(4-14)9(8)10(11,12)13/h2-3,15H,5H2,1H3. The van der Waals surface area contributed by atoms with Crippen LogP contribution in [0.15, 0.2) is 12.1 Å². The lowest BCUT2D eigenvalue weighted by Gasteiger charge is -2.14. The minimum absolute atomic E-state index is 0.196. The van der Waals surface area contributed by atoms with Crippen molar-refractivity contribution in [2.24, 2.45) is 0 Å². The molecule has 1 aromatic rings. The van der Waals surface area contributed by atoms with Gasteiger partial charge in [0.15, 0.2) is 0 Å². The third-order valence-corrected chi connectivity index (χ3v) is 1.97. The average Bonchev–Trinajstić information content (AvgIpc) is 2.25. The molecule has 1 N–H and O–H groups in total. The van der Waals surface area contributed by atoms with Crippen molar-refractivity contribution in [1.29, 1.82) is 5.26 Å². The van der Waals surface area contributed by atoms with Crippen LogP contribution >= 0.6 is 0 Å². The maximum atomic E-state index is 12.6. The number of methoxy groups -OCH3 is 1. The molecule has 0 aromatic heterocycles. The smallest absolute Gasteiger partial charge is 0.421 e. The molecule has 0 unspecified atom stereocenters. The van der Waals surface area contributed by atoms with E-state index in [1.807, 2.05) is 0 Å². The molecule has 0 saturated carbocycles. The van der Waals surface area contributed by atoms with Gasteiger partial charge in [-0.05, 0) is 17.7 Å². The molecule has 86 valence electrons. The quantitative estimate of drug-likeness (QED) is 0.847. The van der Waals surface area contributed by atoms with Gasteiger partial charge in [0.25, 0.3) is 0 Å². The zero-order valence-electron chi connectivity index (χ0n) is 8.30. The number of ether oxygens (including phenoxy) is 1. The van der Waals surface area contributed by atoms with Gasteiger partial charge in [-0.15, -0.1) is 0 Å². The van der Waals surface area contributed by atoms with Gasteiger partial charge in [-0.2, -0.15) is 18.4 Å². The Morgan fingerprint density at radius 3 is 2.44 bits per heavy atom. The van der Waals surface area contributed by atoms with Crippen LogP contribution in [0.25, 0.3) is 0 Å². The third kappa shape index (κ3) is 2.25. The molecule has 3 nitrogen and oxygen atoms in total. The van der Waals surface area contributed by atoms with Crippen molar-refractivity contribution in [3.63, 3.8) is 0 Å². The maximum Gasteiger partial charge on any atom is 0.421 e. The number of hydrogen-bond donors (Lipinski definition) is 1. The van der Waals surface area contributed by atoms with Crippen LogP contribution in [-0.4, -0.2) is 12.2 Å². The van der Waals surface area contributed by atoms with E-state index >= 15 is 0 Å². The highest BCUT2D eigenvalue weighted by molar-refractivity contribution is 5.51. The zero-order valence-corrected chi connectivity index (χ0v) is 8.30. The first-order chi connectivity index (χ1) is 7.43. The Labute approximate surface area is 89.7 Å². The topological polar surface area (TPSA) is 53.2 Å². The molecule has 0 saturated heterocycles. The minimum Gasteiger partial charge on any atom is -0.496 e. The first-order valence-corrected chi connectivity index (χ1v) is 4.23. The van der Waals surface area contributed by atoms with E-state index in [2.05, 4.69) is 4.74 Å². The van der Waals surface area contributed by atoms with Gasteiger partial charge in [0.05, 0.1) is 25.3 Å². The fraction of sp³-hybridized carbons (Fsp3) is 0.300. The van der Waals surface area contributed by atoms with Crippen molar-refractivity contribution >= 4 is 0 Å². The molecule has 6 heteroatoms. The van der Waals surface area contributed by atoms with E-state index in [9.17, 15) is 13.2 Å². The minimum atomic E-state index is -4.66. The van der Waals surface area contributed by atoms with Crippen LogP contribution in [0.3, 0.4) is 0 Å².